The molecule has 29 heavy (non-hydrogen) atoms. The number of hydrogen-bond donors (Lipinski definition) is 0. The van der Waals surface area contributed by atoms with Gasteiger partial charge in [-0.1, -0.05) is 35.6 Å². The van der Waals surface area contributed by atoms with Crippen LogP contribution in [0.5, 0.6) is 0 Å². The van der Waals surface area contributed by atoms with E-state index in [-0.39, 0.29) is 18.0 Å². The predicted octanol–water partition coefficient (Wildman–Crippen LogP) is 5.29. The van der Waals surface area contributed by atoms with E-state index < -0.39 is 5.82 Å². The van der Waals surface area contributed by atoms with Gasteiger partial charge in [-0.2, -0.15) is 0 Å². The first-order chi connectivity index (χ1) is 14.2. The summed E-state index contributed by atoms with van der Waals surface area (Å²) < 4.78 is 15.8. The zero-order chi connectivity index (χ0) is 19.8. The van der Waals surface area contributed by atoms with Crippen LogP contribution in [-0.4, -0.2) is 20.9 Å². The summed E-state index contributed by atoms with van der Waals surface area (Å²) in [6, 6.07) is 16.1. The molecular weight excluding hydrogens is 407 g/mol. The van der Waals surface area contributed by atoms with Gasteiger partial charge in [0.05, 0.1) is 21.5 Å². The highest BCUT2D eigenvalue weighted by Crippen LogP contribution is 2.33. The maximum absolute atomic E-state index is 14.2. The summed E-state index contributed by atoms with van der Waals surface area (Å²) in [5, 5.41) is 0.799. The molecule has 0 unspecified atom stereocenters. The van der Waals surface area contributed by atoms with Crippen molar-refractivity contribution in [1.29, 1.82) is 0 Å². The average molecular weight is 420 g/mol. The molecule has 0 saturated heterocycles. The number of anilines is 1. The number of nitrogens with zero attached hydrogens (tertiary/aromatic N) is 4. The maximum Gasteiger partial charge on any atom is 0.289 e. The van der Waals surface area contributed by atoms with E-state index >= 15 is 0 Å². The molecule has 0 N–H and O–H groups in total. The number of halogens is 1. The first-order valence-corrected chi connectivity index (χ1v) is 10.4. The van der Waals surface area contributed by atoms with Gasteiger partial charge in [0, 0.05) is 12.4 Å². The van der Waals surface area contributed by atoms with Gasteiger partial charge in [0.25, 0.3) is 5.91 Å². The SMILES string of the molecule is O=C(c1nc2ccccc2s1)N(Cc1cccnc1)c1nc2c(F)cccc2s1. The van der Waals surface area contributed by atoms with Crippen LogP contribution < -0.4 is 4.90 Å². The molecule has 2 aromatic carbocycles. The standard InChI is InChI=1S/C21H13FN4OS2/c22-14-6-3-9-17-18(14)25-21(29-17)26(12-13-5-4-10-23-11-13)20(27)19-24-15-7-1-2-8-16(15)28-19/h1-11H,12H2. The van der Waals surface area contributed by atoms with Gasteiger partial charge in [-0.15, -0.1) is 11.3 Å². The molecule has 0 saturated carbocycles. The minimum Gasteiger partial charge on any atom is -0.277 e. The Labute approximate surface area is 173 Å². The van der Waals surface area contributed by atoms with Crippen molar-refractivity contribution < 1.29 is 9.18 Å². The van der Waals surface area contributed by atoms with Gasteiger partial charge in [0.15, 0.2) is 10.1 Å². The van der Waals surface area contributed by atoms with Crippen LogP contribution in [0, 0.1) is 5.82 Å². The van der Waals surface area contributed by atoms with Crippen molar-refractivity contribution in [3.63, 3.8) is 0 Å². The Morgan fingerprint density at radius 1 is 0.966 bits per heavy atom. The Bertz CT molecular complexity index is 1300. The third kappa shape index (κ3) is 3.37. The van der Waals surface area contributed by atoms with Gasteiger partial charge in [-0.05, 0) is 35.9 Å². The smallest absolute Gasteiger partial charge is 0.277 e. The molecule has 5 aromatic rings. The van der Waals surface area contributed by atoms with E-state index in [9.17, 15) is 9.18 Å². The van der Waals surface area contributed by atoms with Crippen molar-refractivity contribution in [1.82, 2.24) is 15.0 Å². The van der Waals surface area contributed by atoms with Crippen molar-refractivity contribution in [3.05, 3.63) is 83.4 Å². The van der Waals surface area contributed by atoms with E-state index in [2.05, 4.69) is 15.0 Å². The molecule has 0 aliphatic carbocycles. The zero-order valence-corrected chi connectivity index (χ0v) is 16.6. The summed E-state index contributed by atoms with van der Waals surface area (Å²) in [5.74, 6) is -0.673. The second-order valence-electron chi connectivity index (χ2n) is 6.32. The first kappa shape index (κ1) is 17.8. The molecule has 0 aliphatic rings. The van der Waals surface area contributed by atoms with E-state index in [1.165, 1.54) is 28.7 Å². The monoisotopic (exact) mass is 420 g/mol. The topological polar surface area (TPSA) is 59.0 Å². The van der Waals surface area contributed by atoms with Crippen molar-refractivity contribution in [2.24, 2.45) is 0 Å². The molecule has 0 bridgehead atoms. The third-order valence-corrected chi connectivity index (χ3v) is 6.44. The number of fused-ring (bicyclic) bond motifs is 2. The Hall–Kier alpha value is -3.23. The lowest BCUT2D eigenvalue weighted by molar-refractivity contribution is 0.0985. The summed E-state index contributed by atoms with van der Waals surface area (Å²) >= 11 is 2.61. The Morgan fingerprint density at radius 3 is 2.62 bits per heavy atom. The van der Waals surface area contributed by atoms with Gasteiger partial charge in [-0.3, -0.25) is 14.7 Å². The number of amides is 1. The highest BCUT2D eigenvalue weighted by atomic mass is 32.1. The minimum atomic E-state index is -0.404. The number of para-hydroxylation sites is 2. The van der Waals surface area contributed by atoms with Crippen LogP contribution in [0.25, 0.3) is 20.4 Å². The molecule has 0 fully saturated rings. The first-order valence-electron chi connectivity index (χ1n) is 8.80. The maximum atomic E-state index is 14.2. The molecule has 8 heteroatoms. The fourth-order valence-corrected chi connectivity index (χ4v) is 4.89. The highest BCUT2D eigenvalue weighted by molar-refractivity contribution is 7.22. The van der Waals surface area contributed by atoms with Gasteiger partial charge in [0.2, 0.25) is 0 Å². The molecule has 142 valence electrons. The predicted molar refractivity (Wildman–Crippen MR) is 114 cm³/mol. The summed E-state index contributed by atoms with van der Waals surface area (Å²) in [7, 11) is 0. The number of benzene rings is 2. The number of thiazole rings is 2. The summed E-state index contributed by atoms with van der Waals surface area (Å²) in [6.45, 7) is 0.268. The van der Waals surface area contributed by atoms with Crippen molar-refractivity contribution in [2.45, 2.75) is 6.54 Å². The van der Waals surface area contributed by atoms with E-state index in [0.717, 1.165) is 15.8 Å². The average Bonchev–Trinajstić information content (AvgIpc) is 3.37. The fraction of sp³-hybridized carbons (Fsp3) is 0.0476. The molecule has 3 heterocycles. The minimum absolute atomic E-state index is 0.265. The molecule has 0 spiro atoms. The molecule has 0 atom stereocenters. The second-order valence-corrected chi connectivity index (χ2v) is 8.36. The van der Waals surface area contributed by atoms with Gasteiger partial charge < -0.3 is 0 Å². The molecular formula is C21H13FN4OS2. The van der Waals surface area contributed by atoms with Crippen LogP contribution >= 0.6 is 22.7 Å². The molecule has 3 aromatic heterocycles. The molecule has 5 nitrogen and oxygen atoms in total. The molecule has 0 radical (unpaired) electrons. The fourth-order valence-electron chi connectivity index (χ4n) is 3.00. The van der Waals surface area contributed by atoms with E-state index in [4.69, 9.17) is 0 Å². The van der Waals surface area contributed by atoms with E-state index in [1.807, 2.05) is 36.4 Å². The number of aromatic nitrogens is 3. The lowest BCUT2D eigenvalue weighted by Gasteiger charge is -2.18. The third-order valence-electron chi connectivity index (χ3n) is 4.37. The van der Waals surface area contributed by atoms with Crippen molar-refractivity contribution in [3.8, 4) is 0 Å². The Balaban J connectivity index is 1.60. The molecule has 1 amide bonds. The quantitative estimate of drug-likeness (QED) is 0.397. The van der Waals surface area contributed by atoms with Crippen LogP contribution in [0.2, 0.25) is 0 Å². The second kappa shape index (κ2) is 7.31. The Kier molecular flexibility index (Phi) is 4.49. The van der Waals surface area contributed by atoms with Crippen LogP contribution in [-0.2, 0) is 6.54 Å². The summed E-state index contributed by atoms with van der Waals surface area (Å²) in [4.78, 5) is 28.0. The number of rotatable bonds is 4. The largest absolute Gasteiger partial charge is 0.289 e. The van der Waals surface area contributed by atoms with Gasteiger partial charge in [-0.25, -0.2) is 14.4 Å². The van der Waals surface area contributed by atoms with Crippen LogP contribution in [0.3, 0.4) is 0 Å². The van der Waals surface area contributed by atoms with Gasteiger partial charge >= 0.3 is 0 Å². The van der Waals surface area contributed by atoms with Gasteiger partial charge in [0.1, 0.15) is 11.3 Å². The zero-order valence-electron chi connectivity index (χ0n) is 14.9. The van der Waals surface area contributed by atoms with Crippen LogP contribution in [0.1, 0.15) is 15.4 Å². The van der Waals surface area contributed by atoms with E-state index in [0.29, 0.717) is 14.8 Å². The van der Waals surface area contributed by atoms with E-state index in [1.54, 1.807) is 29.4 Å². The number of hydrogen-bond acceptors (Lipinski definition) is 6. The van der Waals surface area contributed by atoms with Crippen LogP contribution in [0.4, 0.5) is 9.52 Å². The highest BCUT2D eigenvalue weighted by Gasteiger charge is 2.25. The lowest BCUT2D eigenvalue weighted by Crippen LogP contribution is -2.30. The molecule has 0 aliphatic heterocycles. The number of carbonyl (C=O) groups is 1. The summed E-state index contributed by atoms with van der Waals surface area (Å²) in [6.07, 6.45) is 3.38. The number of carbonyl (C=O) groups excluding carboxylic acids is 1. The summed E-state index contributed by atoms with van der Waals surface area (Å²) in [5.41, 5.74) is 1.89. The number of pyridine rings is 1. The van der Waals surface area contributed by atoms with Crippen molar-refractivity contribution >= 4 is 54.1 Å². The van der Waals surface area contributed by atoms with Crippen LogP contribution in [0.15, 0.2) is 67.0 Å². The lowest BCUT2D eigenvalue weighted by atomic mass is 10.2. The Morgan fingerprint density at radius 2 is 1.83 bits per heavy atom. The molecule has 5 rings (SSSR count). The van der Waals surface area contributed by atoms with Crippen molar-refractivity contribution in [2.75, 3.05) is 4.90 Å². The normalized spacial score (nSPS) is 11.2.